The van der Waals surface area contributed by atoms with Crippen molar-refractivity contribution >= 4 is 11.0 Å². The molecule has 0 aliphatic heterocycles. The molecule has 1 aromatic carbocycles. The summed E-state index contributed by atoms with van der Waals surface area (Å²) in [6, 6.07) is 7.84. The van der Waals surface area contributed by atoms with Crippen LogP contribution in [0.2, 0.25) is 0 Å². The van der Waals surface area contributed by atoms with Crippen molar-refractivity contribution in [3.63, 3.8) is 0 Å². The molecule has 0 atom stereocenters. The molecule has 44 valence electrons. The molecule has 2 rings (SSSR count). The Morgan fingerprint density at radius 2 is 2.10 bits per heavy atom. The molecule has 2 aromatic rings. The second-order valence-corrected chi connectivity index (χ2v) is 1.87. The van der Waals surface area contributed by atoms with E-state index in [2.05, 4.69) is 16.3 Å². The number of rotatable bonds is 0. The first-order valence-electron chi connectivity index (χ1n) is 2.77. The van der Waals surface area contributed by atoms with Crippen LogP contribution in [0.3, 0.4) is 0 Å². The third-order valence-electron chi connectivity index (χ3n) is 1.27. The van der Waals surface area contributed by atoms with Crippen LogP contribution in [-0.4, -0.2) is 9.97 Å². The van der Waals surface area contributed by atoms with Crippen molar-refractivity contribution in [3.05, 3.63) is 30.6 Å². The maximum Gasteiger partial charge on any atom is 1.00 e. The van der Waals surface area contributed by atoms with Gasteiger partial charge in [-0.05, 0) is 6.33 Å². The molecule has 0 saturated carbocycles. The van der Waals surface area contributed by atoms with Gasteiger partial charge in [0.25, 0.3) is 0 Å². The van der Waals surface area contributed by atoms with Crippen LogP contribution in [-0.2, 0) is 0 Å². The van der Waals surface area contributed by atoms with Crippen LogP contribution in [0.5, 0.6) is 0 Å². The van der Waals surface area contributed by atoms with Crippen molar-refractivity contribution in [2.45, 2.75) is 0 Å². The number of aromatic nitrogens is 2. The summed E-state index contributed by atoms with van der Waals surface area (Å²) in [5, 5.41) is 0. The van der Waals surface area contributed by atoms with Crippen LogP contribution < -0.4 is 58.2 Å². The molecule has 0 fully saturated rings. The van der Waals surface area contributed by atoms with Gasteiger partial charge in [-0.3, -0.25) is 0 Å². The standard InChI is InChI=1S/C7H5N2.Rb/c1-2-4-7-6(3-1)8-5-9-7;/h1-4H,(H,8,9);/q-1;+1. The molecule has 10 heavy (non-hydrogen) atoms. The third kappa shape index (κ3) is 1.56. The first-order valence-corrected chi connectivity index (χ1v) is 2.77. The van der Waals surface area contributed by atoms with E-state index in [0.29, 0.717) is 0 Å². The Morgan fingerprint density at radius 1 is 1.30 bits per heavy atom. The van der Waals surface area contributed by atoms with Gasteiger partial charge in [-0.1, -0.05) is 23.2 Å². The molecule has 0 aliphatic rings. The number of nitrogens with zero attached hydrogens (tertiary/aromatic N) is 1. The van der Waals surface area contributed by atoms with Gasteiger partial charge in [-0.25, -0.2) is 0 Å². The number of benzene rings is 1. The van der Waals surface area contributed by atoms with Crippen molar-refractivity contribution in [3.8, 4) is 0 Å². The molecule has 1 aromatic heterocycles. The molecule has 0 saturated heterocycles. The topological polar surface area (TPSA) is 28.7 Å². The molecule has 3 heteroatoms. The summed E-state index contributed by atoms with van der Waals surface area (Å²) in [7, 11) is 0. The van der Waals surface area contributed by atoms with E-state index < -0.39 is 0 Å². The number of hydrogen-bond donors (Lipinski definition) is 1. The van der Waals surface area contributed by atoms with E-state index in [4.69, 9.17) is 0 Å². The minimum absolute atomic E-state index is 0. The van der Waals surface area contributed by atoms with Gasteiger partial charge in [0.15, 0.2) is 0 Å². The van der Waals surface area contributed by atoms with Crippen LogP contribution in [0.25, 0.3) is 11.0 Å². The quantitative estimate of drug-likeness (QED) is 0.511. The molecule has 1 heterocycles. The predicted octanol–water partition coefficient (Wildman–Crippen LogP) is -1.63. The van der Waals surface area contributed by atoms with Crippen molar-refractivity contribution < 1.29 is 58.2 Å². The number of H-pyrrole nitrogens is 1. The fourth-order valence-corrected chi connectivity index (χ4v) is 0.825. The van der Waals surface area contributed by atoms with Crippen molar-refractivity contribution in [2.24, 2.45) is 0 Å². The van der Waals surface area contributed by atoms with Gasteiger partial charge in [0, 0.05) is 0 Å². The number of imidazole rings is 1. The minimum atomic E-state index is 0. The maximum atomic E-state index is 3.94. The summed E-state index contributed by atoms with van der Waals surface area (Å²) >= 11 is 0. The Balaban J connectivity index is 0.000000500. The van der Waals surface area contributed by atoms with Crippen molar-refractivity contribution in [1.29, 1.82) is 0 Å². The normalized spacial score (nSPS) is 9.20. The zero-order chi connectivity index (χ0) is 6.10. The number of para-hydroxylation sites is 2. The van der Waals surface area contributed by atoms with E-state index in [1.165, 1.54) is 0 Å². The summed E-state index contributed by atoms with van der Waals surface area (Å²) in [6.07, 6.45) is 2.66. The molecule has 0 spiro atoms. The van der Waals surface area contributed by atoms with Crippen LogP contribution in [0.4, 0.5) is 0 Å². The number of hydrogen-bond acceptors (Lipinski definition) is 1. The van der Waals surface area contributed by atoms with Crippen LogP contribution in [0.15, 0.2) is 24.3 Å². The van der Waals surface area contributed by atoms with Gasteiger partial charge in [0.05, 0.1) is 0 Å². The molecular weight excluding hydrogens is 198 g/mol. The maximum absolute atomic E-state index is 3.94. The van der Waals surface area contributed by atoms with Crippen molar-refractivity contribution in [1.82, 2.24) is 9.97 Å². The van der Waals surface area contributed by atoms with Gasteiger partial charge in [0.2, 0.25) is 0 Å². The number of fused-ring (bicyclic) bond motifs is 1. The summed E-state index contributed by atoms with van der Waals surface area (Å²) in [6.45, 7) is 0. The number of aromatic amines is 1. The van der Waals surface area contributed by atoms with Crippen LogP contribution >= 0.6 is 0 Å². The Kier molecular flexibility index (Phi) is 3.23. The summed E-state index contributed by atoms with van der Waals surface area (Å²) in [5.74, 6) is 0. The largest absolute Gasteiger partial charge is 1.00 e. The third-order valence-corrected chi connectivity index (χ3v) is 1.27. The van der Waals surface area contributed by atoms with Crippen molar-refractivity contribution in [2.75, 3.05) is 0 Å². The Morgan fingerprint density at radius 3 is 2.90 bits per heavy atom. The second-order valence-electron chi connectivity index (χ2n) is 1.87. The Labute approximate surface area is 108 Å². The fourth-order valence-electron chi connectivity index (χ4n) is 0.825. The van der Waals surface area contributed by atoms with Crippen LogP contribution in [0, 0.1) is 6.33 Å². The smallest absolute Gasteiger partial charge is 0.461 e. The van der Waals surface area contributed by atoms with Gasteiger partial charge in [-0.15, -0.1) is 12.1 Å². The summed E-state index contributed by atoms with van der Waals surface area (Å²) in [5.41, 5.74) is 2.01. The molecule has 0 aliphatic carbocycles. The van der Waals surface area contributed by atoms with E-state index >= 15 is 0 Å². The Bertz CT molecular complexity index is 286. The monoisotopic (exact) mass is 202 g/mol. The average molecular weight is 203 g/mol. The Hall–Kier alpha value is 0.495. The zero-order valence-electron chi connectivity index (χ0n) is 5.76. The molecule has 0 radical (unpaired) electrons. The molecule has 1 N–H and O–H groups in total. The first-order chi connectivity index (χ1) is 4.47. The summed E-state index contributed by atoms with van der Waals surface area (Å²) < 4.78 is 0. The van der Waals surface area contributed by atoms with E-state index in [1.54, 1.807) is 0 Å². The molecule has 0 bridgehead atoms. The van der Waals surface area contributed by atoms with E-state index in [0.717, 1.165) is 11.0 Å². The molecule has 2 nitrogen and oxygen atoms in total. The zero-order valence-corrected chi connectivity index (χ0v) is 10.7. The number of nitrogens with one attached hydrogen (secondary N) is 1. The van der Waals surface area contributed by atoms with Gasteiger partial charge >= 0.3 is 58.2 Å². The summed E-state index contributed by atoms with van der Waals surface area (Å²) in [4.78, 5) is 6.82. The molecule has 0 unspecified atom stereocenters. The first kappa shape index (κ1) is 8.59. The SMILES string of the molecule is [Rb+].[c-]1nc2ccccc2[nH]1. The molecular formula is C7H5N2Rb. The van der Waals surface area contributed by atoms with Crippen LogP contribution in [0.1, 0.15) is 0 Å². The van der Waals surface area contributed by atoms with E-state index in [9.17, 15) is 0 Å². The molecule has 0 amide bonds. The second kappa shape index (κ2) is 3.76. The average Bonchev–Trinajstić information content (AvgIpc) is 2.33. The van der Waals surface area contributed by atoms with E-state index in [-0.39, 0.29) is 58.2 Å². The fraction of sp³-hybridized carbons (Fsp3) is 0. The van der Waals surface area contributed by atoms with Gasteiger partial charge in [0.1, 0.15) is 0 Å². The predicted molar refractivity (Wildman–Crippen MR) is 34.9 cm³/mol. The van der Waals surface area contributed by atoms with E-state index in [1.807, 2.05) is 24.3 Å². The van der Waals surface area contributed by atoms with Gasteiger partial charge in [-0.2, -0.15) is 0 Å². The van der Waals surface area contributed by atoms with Gasteiger partial charge < -0.3 is 9.97 Å². The minimum Gasteiger partial charge on any atom is -0.461 e.